The molecule has 2 atom stereocenters. The molecule has 2 N–H and O–H groups in total. The van der Waals surface area contributed by atoms with Crippen molar-refractivity contribution in [1.29, 1.82) is 0 Å². The quantitative estimate of drug-likeness (QED) is 0.804. The lowest BCUT2D eigenvalue weighted by atomic mass is 9.95. The molecule has 84 valence electrons. The average molecular weight is 209 g/mol. The van der Waals surface area contributed by atoms with E-state index in [1.807, 2.05) is 6.07 Å². The summed E-state index contributed by atoms with van der Waals surface area (Å²) in [7, 11) is 1.57. The molecule has 0 aliphatic heterocycles. The number of ether oxygens (including phenoxy) is 1. The van der Waals surface area contributed by atoms with E-state index >= 15 is 0 Å². The van der Waals surface area contributed by atoms with Crippen LogP contribution in [0.4, 0.5) is 0 Å². The van der Waals surface area contributed by atoms with E-state index in [0.29, 0.717) is 11.8 Å². The van der Waals surface area contributed by atoms with Gasteiger partial charge in [-0.2, -0.15) is 5.10 Å². The van der Waals surface area contributed by atoms with Gasteiger partial charge in [0, 0.05) is 6.07 Å². The number of hydrogen-bond donors (Lipinski definition) is 1. The summed E-state index contributed by atoms with van der Waals surface area (Å²) < 4.78 is 4.94. The van der Waals surface area contributed by atoms with Gasteiger partial charge in [0.1, 0.15) is 0 Å². The molecule has 0 saturated heterocycles. The number of methoxy groups -OCH3 is 1. The van der Waals surface area contributed by atoms with E-state index in [-0.39, 0.29) is 6.04 Å². The van der Waals surface area contributed by atoms with E-state index in [1.165, 1.54) is 0 Å². The van der Waals surface area contributed by atoms with Crippen LogP contribution in [0.25, 0.3) is 0 Å². The van der Waals surface area contributed by atoms with Crippen LogP contribution in [0.1, 0.15) is 38.4 Å². The third kappa shape index (κ3) is 3.16. The predicted molar refractivity (Wildman–Crippen MR) is 59.6 cm³/mol. The van der Waals surface area contributed by atoms with E-state index < -0.39 is 0 Å². The average Bonchev–Trinajstić information content (AvgIpc) is 2.28. The number of nitrogens with two attached hydrogens (primary N) is 1. The summed E-state index contributed by atoms with van der Waals surface area (Å²) in [5, 5.41) is 7.96. The lowest BCUT2D eigenvalue weighted by Gasteiger charge is -2.18. The summed E-state index contributed by atoms with van der Waals surface area (Å²) >= 11 is 0. The van der Waals surface area contributed by atoms with E-state index in [2.05, 4.69) is 24.0 Å². The highest BCUT2D eigenvalue weighted by Gasteiger charge is 2.15. The van der Waals surface area contributed by atoms with Gasteiger partial charge in [-0.1, -0.05) is 20.3 Å². The van der Waals surface area contributed by atoms with Gasteiger partial charge in [0.25, 0.3) is 0 Å². The maximum absolute atomic E-state index is 6.07. The Morgan fingerprint density at radius 1 is 1.40 bits per heavy atom. The van der Waals surface area contributed by atoms with Crippen LogP contribution in [0.5, 0.6) is 5.88 Å². The van der Waals surface area contributed by atoms with Gasteiger partial charge in [-0.15, -0.1) is 5.10 Å². The maximum Gasteiger partial charge on any atom is 0.233 e. The van der Waals surface area contributed by atoms with Crippen molar-refractivity contribution in [3.8, 4) is 5.88 Å². The van der Waals surface area contributed by atoms with Crippen molar-refractivity contribution in [2.24, 2.45) is 11.7 Å². The highest BCUT2D eigenvalue weighted by atomic mass is 16.5. The third-order valence-electron chi connectivity index (χ3n) is 2.57. The smallest absolute Gasteiger partial charge is 0.233 e. The van der Waals surface area contributed by atoms with Gasteiger partial charge in [-0.05, 0) is 18.4 Å². The van der Waals surface area contributed by atoms with Crippen LogP contribution in [0.2, 0.25) is 0 Å². The summed E-state index contributed by atoms with van der Waals surface area (Å²) in [5.74, 6) is 0.951. The molecule has 0 aliphatic rings. The Bertz CT molecular complexity index is 286. The van der Waals surface area contributed by atoms with E-state index in [9.17, 15) is 0 Å². The van der Waals surface area contributed by atoms with Crippen molar-refractivity contribution < 1.29 is 4.74 Å². The van der Waals surface area contributed by atoms with E-state index in [1.54, 1.807) is 13.2 Å². The molecule has 4 heteroatoms. The van der Waals surface area contributed by atoms with Crippen molar-refractivity contribution in [1.82, 2.24) is 10.2 Å². The van der Waals surface area contributed by atoms with Crippen LogP contribution in [-0.2, 0) is 0 Å². The molecule has 15 heavy (non-hydrogen) atoms. The molecule has 1 rings (SSSR count). The minimum absolute atomic E-state index is 0.0386. The molecular formula is C11H19N3O. The Balaban J connectivity index is 2.69. The first-order chi connectivity index (χ1) is 7.19. The molecule has 4 nitrogen and oxygen atoms in total. The van der Waals surface area contributed by atoms with Crippen LogP contribution in [0.3, 0.4) is 0 Å². The predicted octanol–water partition coefficient (Wildman–Crippen LogP) is 1.92. The lowest BCUT2D eigenvalue weighted by Crippen LogP contribution is -2.20. The zero-order valence-corrected chi connectivity index (χ0v) is 9.60. The molecule has 0 spiro atoms. The van der Waals surface area contributed by atoms with Gasteiger partial charge >= 0.3 is 0 Å². The molecular weight excluding hydrogens is 190 g/mol. The van der Waals surface area contributed by atoms with Gasteiger partial charge in [0.05, 0.1) is 18.8 Å². The maximum atomic E-state index is 6.07. The van der Waals surface area contributed by atoms with Crippen molar-refractivity contribution in [3.05, 3.63) is 17.8 Å². The topological polar surface area (TPSA) is 61.0 Å². The fourth-order valence-corrected chi connectivity index (χ4v) is 1.54. The van der Waals surface area contributed by atoms with E-state index in [0.717, 1.165) is 18.5 Å². The number of nitrogens with zero attached hydrogens (tertiary/aromatic N) is 2. The summed E-state index contributed by atoms with van der Waals surface area (Å²) in [5.41, 5.74) is 6.90. The minimum atomic E-state index is -0.0386. The van der Waals surface area contributed by atoms with Crippen LogP contribution in [-0.4, -0.2) is 17.3 Å². The normalized spacial score (nSPS) is 14.7. The summed E-state index contributed by atoms with van der Waals surface area (Å²) in [6.07, 6.45) is 2.24. The highest BCUT2D eigenvalue weighted by molar-refractivity contribution is 5.14. The number of hydrogen-bond acceptors (Lipinski definition) is 4. The molecule has 0 bridgehead atoms. The Labute approximate surface area is 90.8 Å². The summed E-state index contributed by atoms with van der Waals surface area (Å²) in [6, 6.07) is 3.63. The Kier molecular flexibility index (Phi) is 4.49. The molecule has 0 amide bonds. The molecule has 2 unspecified atom stereocenters. The van der Waals surface area contributed by atoms with Crippen molar-refractivity contribution in [2.45, 2.75) is 32.7 Å². The number of rotatable bonds is 5. The fourth-order valence-electron chi connectivity index (χ4n) is 1.54. The first kappa shape index (κ1) is 11.9. The summed E-state index contributed by atoms with van der Waals surface area (Å²) in [4.78, 5) is 0. The van der Waals surface area contributed by atoms with Crippen LogP contribution >= 0.6 is 0 Å². The summed E-state index contributed by atoms with van der Waals surface area (Å²) in [6.45, 7) is 4.29. The molecule has 0 fully saturated rings. The molecule has 0 aromatic carbocycles. The highest BCUT2D eigenvalue weighted by Crippen LogP contribution is 2.21. The second-order valence-corrected chi connectivity index (χ2v) is 3.79. The van der Waals surface area contributed by atoms with Gasteiger partial charge < -0.3 is 10.5 Å². The lowest BCUT2D eigenvalue weighted by molar-refractivity contribution is 0.384. The Morgan fingerprint density at radius 3 is 2.60 bits per heavy atom. The standard InChI is InChI=1S/C11H19N3O/c1-4-5-8(2)11(12)9-6-7-10(15-3)14-13-9/h6-8,11H,4-5,12H2,1-3H3. The zero-order valence-electron chi connectivity index (χ0n) is 9.60. The Hall–Kier alpha value is -1.16. The van der Waals surface area contributed by atoms with Crippen molar-refractivity contribution >= 4 is 0 Å². The van der Waals surface area contributed by atoms with Crippen LogP contribution in [0, 0.1) is 5.92 Å². The van der Waals surface area contributed by atoms with Gasteiger partial charge in [0.15, 0.2) is 0 Å². The van der Waals surface area contributed by atoms with Crippen LogP contribution in [0.15, 0.2) is 12.1 Å². The minimum Gasteiger partial charge on any atom is -0.480 e. The molecule has 0 saturated carbocycles. The largest absolute Gasteiger partial charge is 0.480 e. The number of aromatic nitrogens is 2. The third-order valence-corrected chi connectivity index (χ3v) is 2.57. The van der Waals surface area contributed by atoms with Crippen LogP contribution < -0.4 is 10.5 Å². The first-order valence-corrected chi connectivity index (χ1v) is 5.32. The van der Waals surface area contributed by atoms with Gasteiger partial charge in [-0.3, -0.25) is 0 Å². The molecule has 0 aliphatic carbocycles. The molecule has 1 aromatic rings. The second kappa shape index (κ2) is 5.66. The molecule has 1 aromatic heterocycles. The van der Waals surface area contributed by atoms with E-state index in [4.69, 9.17) is 10.5 Å². The molecule has 1 heterocycles. The second-order valence-electron chi connectivity index (χ2n) is 3.79. The Morgan fingerprint density at radius 2 is 2.13 bits per heavy atom. The van der Waals surface area contributed by atoms with Crippen molar-refractivity contribution in [2.75, 3.05) is 7.11 Å². The van der Waals surface area contributed by atoms with Gasteiger partial charge in [0.2, 0.25) is 5.88 Å². The first-order valence-electron chi connectivity index (χ1n) is 5.32. The SMILES string of the molecule is CCCC(C)C(N)c1ccc(OC)nn1. The van der Waals surface area contributed by atoms with Crippen molar-refractivity contribution in [3.63, 3.8) is 0 Å². The monoisotopic (exact) mass is 209 g/mol. The van der Waals surface area contributed by atoms with Gasteiger partial charge in [-0.25, -0.2) is 0 Å². The molecule has 0 radical (unpaired) electrons. The zero-order chi connectivity index (χ0) is 11.3. The fraction of sp³-hybridized carbons (Fsp3) is 0.636.